The summed E-state index contributed by atoms with van der Waals surface area (Å²) in [5, 5.41) is 13.7. The molecule has 0 fully saturated rings. The Kier molecular flexibility index (Phi) is 5.83. The number of ether oxygens (including phenoxy) is 1. The number of methoxy groups -OCH3 is 1. The van der Waals surface area contributed by atoms with E-state index in [1.165, 1.54) is 0 Å². The van der Waals surface area contributed by atoms with Gasteiger partial charge in [-0.25, -0.2) is 0 Å². The number of aliphatic hydroxyl groups is 1. The maximum Gasteiger partial charge on any atom is 0.124 e. The molecule has 1 unspecified atom stereocenters. The summed E-state index contributed by atoms with van der Waals surface area (Å²) in [4.78, 5) is 0. The summed E-state index contributed by atoms with van der Waals surface area (Å²) in [6.45, 7) is 11.2. The Labute approximate surface area is 117 Å². The molecular weight excluding hydrogens is 238 g/mol. The molecule has 3 heteroatoms. The van der Waals surface area contributed by atoms with E-state index in [-0.39, 0.29) is 0 Å². The van der Waals surface area contributed by atoms with Crippen molar-refractivity contribution in [1.82, 2.24) is 5.32 Å². The zero-order valence-electron chi connectivity index (χ0n) is 13.0. The standard InChI is InChI=1S/C16H27NO2/c1-10(2)17-8-7-15(18)14-9-11(3)16(19-6)13(5)12(14)4/h9-10,15,17-18H,7-8H2,1-6H3. The molecule has 108 valence electrons. The molecule has 3 nitrogen and oxygen atoms in total. The van der Waals surface area contributed by atoms with E-state index in [1.807, 2.05) is 26.8 Å². The van der Waals surface area contributed by atoms with E-state index in [2.05, 4.69) is 19.2 Å². The van der Waals surface area contributed by atoms with Gasteiger partial charge in [-0.3, -0.25) is 0 Å². The van der Waals surface area contributed by atoms with Gasteiger partial charge < -0.3 is 15.2 Å². The predicted octanol–water partition coefficient (Wildman–Crippen LogP) is 3.04. The van der Waals surface area contributed by atoms with E-state index in [0.29, 0.717) is 6.04 Å². The molecule has 0 aromatic heterocycles. The molecule has 0 spiro atoms. The van der Waals surface area contributed by atoms with Crippen LogP contribution in [0.15, 0.2) is 6.07 Å². The van der Waals surface area contributed by atoms with Crippen LogP contribution in [0.3, 0.4) is 0 Å². The molecule has 1 aromatic carbocycles. The second-order valence-electron chi connectivity index (χ2n) is 5.48. The van der Waals surface area contributed by atoms with Crippen LogP contribution in [-0.2, 0) is 0 Å². The number of nitrogens with one attached hydrogen (secondary N) is 1. The van der Waals surface area contributed by atoms with Gasteiger partial charge in [0.05, 0.1) is 13.2 Å². The fraction of sp³-hybridized carbons (Fsp3) is 0.625. The van der Waals surface area contributed by atoms with Crippen molar-refractivity contribution in [1.29, 1.82) is 0 Å². The first kappa shape index (κ1) is 16.0. The van der Waals surface area contributed by atoms with Gasteiger partial charge in [-0.15, -0.1) is 0 Å². The molecule has 0 aliphatic rings. The number of benzene rings is 1. The van der Waals surface area contributed by atoms with Crippen LogP contribution in [0.5, 0.6) is 5.75 Å². The molecular formula is C16H27NO2. The van der Waals surface area contributed by atoms with Gasteiger partial charge in [0.2, 0.25) is 0 Å². The normalized spacial score (nSPS) is 12.8. The minimum atomic E-state index is -0.422. The van der Waals surface area contributed by atoms with E-state index in [1.54, 1.807) is 7.11 Å². The number of hydrogen-bond acceptors (Lipinski definition) is 3. The van der Waals surface area contributed by atoms with Crippen molar-refractivity contribution in [3.8, 4) is 5.75 Å². The summed E-state index contributed by atoms with van der Waals surface area (Å²) in [6.07, 6.45) is 0.305. The molecule has 19 heavy (non-hydrogen) atoms. The maximum absolute atomic E-state index is 10.3. The van der Waals surface area contributed by atoms with Crippen molar-refractivity contribution in [3.05, 3.63) is 28.3 Å². The minimum Gasteiger partial charge on any atom is -0.496 e. The highest BCUT2D eigenvalue weighted by molar-refractivity contribution is 5.49. The van der Waals surface area contributed by atoms with Crippen molar-refractivity contribution in [3.63, 3.8) is 0 Å². The Hall–Kier alpha value is -1.06. The molecule has 2 N–H and O–H groups in total. The van der Waals surface area contributed by atoms with Gasteiger partial charge in [0, 0.05) is 6.04 Å². The van der Waals surface area contributed by atoms with Gasteiger partial charge in [0.15, 0.2) is 0 Å². The second kappa shape index (κ2) is 6.92. The Bertz CT molecular complexity index is 427. The highest BCUT2D eigenvalue weighted by Gasteiger charge is 2.16. The van der Waals surface area contributed by atoms with Crippen LogP contribution in [0.4, 0.5) is 0 Å². The fourth-order valence-electron chi connectivity index (χ4n) is 2.41. The van der Waals surface area contributed by atoms with Crippen molar-refractivity contribution in [2.24, 2.45) is 0 Å². The quantitative estimate of drug-likeness (QED) is 0.830. The first-order valence-corrected chi connectivity index (χ1v) is 6.94. The molecule has 1 rings (SSSR count). The van der Waals surface area contributed by atoms with Crippen LogP contribution in [0.2, 0.25) is 0 Å². The van der Waals surface area contributed by atoms with Crippen LogP contribution >= 0.6 is 0 Å². The number of hydrogen-bond donors (Lipinski definition) is 2. The molecule has 0 saturated heterocycles. The predicted molar refractivity (Wildman–Crippen MR) is 79.9 cm³/mol. The van der Waals surface area contributed by atoms with E-state index in [4.69, 9.17) is 4.74 Å². The molecule has 0 aliphatic carbocycles. The molecule has 0 bridgehead atoms. The molecule has 1 atom stereocenters. The fourth-order valence-corrected chi connectivity index (χ4v) is 2.41. The highest BCUT2D eigenvalue weighted by Crippen LogP contribution is 2.32. The summed E-state index contributed by atoms with van der Waals surface area (Å²) in [5.41, 5.74) is 4.34. The van der Waals surface area contributed by atoms with E-state index < -0.39 is 6.10 Å². The summed E-state index contributed by atoms with van der Waals surface area (Å²) in [5.74, 6) is 0.925. The van der Waals surface area contributed by atoms with Gasteiger partial charge in [0.1, 0.15) is 5.75 Å². The average molecular weight is 265 g/mol. The van der Waals surface area contributed by atoms with Crippen LogP contribution in [0, 0.1) is 20.8 Å². The smallest absolute Gasteiger partial charge is 0.124 e. The lowest BCUT2D eigenvalue weighted by molar-refractivity contribution is 0.165. The Morgan fingerprint density at radius 1 is 1.21 bits per heavy atom. The monoisotopic (exact) mass is 265 g/mol. The van der Waals surface area contributed by atoms with Crippen LogP contribution in [0.25, 0.3) is 0 Å². The van der Waals surface area contributed by atoms with E-state index >= 15 is 0 Å². The molecule has 0 heterocycles. The molecule has 0 radical (unpaired) electrons. The lowest BCUT2D eigenvalue weighted by atomic mass is 9.94. The SMILES string of the molecule is COc1c(C)cc(C(O)CCNC(C)C)c(C)c1C. The molecule has 0 amide bonds. The summed E-state index contributed by atoms with van der Waals surface area (Å²) < 4.78 is 5.41. The third-order valence-electron chi connectivity index (χ3n) is 3.60. The summed E-state index contributed by atoms with van der Waals surface area (Å²) >= 11 is 0. The summed E-state index contributed by atoms with van der Waals surface area (Å²) in [7, 11) is 1.69. The van der Waals surface area contributed by atoms with Gasteiger partial charge >= 0.3 is 0 Å². The maximum atomic E-state index is 10.3. The number of aryl methyl sites for hydroxylation is 1. The minimum absolute atomic E-state index is 0.422. The van der Waals surface area contributed by atoms with Crippen molar-refractivity contribution in [2.45, 2.75) is 53.2 Å². The van der Waals surface area contributed by atoms with Crippen LogP contribution in [-0.4, -0.2) is 24.8 Å². The first-order valence-electron chi connectivity index (χ1n) is 6.94. The first-order chi connectivity index (χ1) is 8.88. The Morgan fingerprint density at radius 3 is 2.37 bits per heavy atom. The summed E-state index contributed by atoms with van der Waals surface area (Å²) in [6, 6.07) is 2.49. The zero-order valence-corrected chi connectivity index (χ0v) is 13.0. The van der Waals surface area contributed by atoms with E-state index in [9.17, 15) is 5.11 Å². The van der Waals surface area contributed by atoms with Crippen molar-refractivity contribution >= 4 is 0 Å². The topological polar surface area (TPSA) is 41.5 Å². The molecule has 0 aliphatic heterocycles. The largest absolute Gasteiger partial charge is 0.496 e. The van der Waals surface area contributed by atoms with Crippen molar-refractivity contribution in [2.75, 3.05) is 13.7 Å². The van der Waals surface area contributed by atoms with Crippen molar-refractivity contribution < 1.29 is 9.84 Å². The van der Waals surface area contributed by atoms with Gasteiger partial charge in [0.25, 0.3) is 0 Å². The van der Waals surface area contributed by atoms with Gasteiger partial charge in [-0.1, -0.05) is 13.8 Å². The van der Waals surface area contributed by atoms with Gasteiger partial charge in [-0.2, -0.15) is 0 Å². The average Bonchev–Trinajstić information content (AvgIpc) is 2.33. The molecule has 0 saturated carbocycles. The second-order valence-corrected chi connectivity index (χ2v) is 5.48. The highest BCUT2D eigenvalue weighted by atomic mass is 16.5. The van der Waals surface area contributed by atoms with Gasteiger partial charge in [-0.05, 0) is 62.1 Å². The van der Waals surface area contributed by atoms with E-state index in [0.717, 1.165) is 41.0 Å². The third-order valence-corrected chi connectivity index (χ3v) is 3.60. The lowest BCUT2D eigenvalue weighted by Crippen LogP contribution is -2.25. The Balaban J connectivity index is 2.89. The van der Waals surface area contributed by atoms with Crippen LogP contribution < -0.4 is 10.1 Å². The third kappa shape index (κ3) is 3.95. The molecule has 1 aromatic rings. The Morgan fingerprint density at radius 2 is 1.84 bits per heavy atom. The number of rotatable bonds is 6. The lowest BCUT2D eigenvalue weighted by Gasteiger charge is -2.20. The van der Waals surface area contributed by atoms with Crippen LogP contribution in [0.1, 0.15) is 48.6 Å². The number of aliphatic hydroxyl groups excluding tert-OH is 1. The zero-order chi connectivity index (χ0) is 14.6.